The summed E-state index contributed by atoms with van der Waals surface area (Å²) < 4.78 is 23.1. The molecule has 1 aliphatic heterocycles. The number of halogens is 1. The van der Waals surface area contributed by atoms with E-state index in [-0.39, 0.29) is 6.10 Å². The molecule has 0 amide bonds. The quantitative estimate of drug-likeness (QED) is 0.704. The first kappa shape index (κ1) is 9.95. The van der Waals surface area contributed by atoms with Crippen molar-refractivity contribution in [1.82, 2.24) is 9.78 Å². The van der Waals surface area contributed by atoms with Crippen molar-refractivity contribution in [3.05, 3.63) is 6.20 Å². The maximum Gasteiger partial charge on any atom is 0.229 e. The van der Waals surface area contributed by atoms with Gasteiger partial charge in [0.1, 0.15) is 17.6 Å². The Balaban J connectivity index is 2.29. The molecular weight excluding hydrogens is 228 g/mol. The Morgan fingerprint density at radius 1 is 1.86 bits per heavy atom. The van der Waals surface area contributed by atoms with E-state index in [1.807, 2.05) is 0 Å². The molecule has 2 heterocycles. The van der Waals surface area contributed by atoms with Gasteiger partial charge in [-0.3, -0.25) is 0 Å². The number of rotatable bonds is 2. The molecule has 7 heteroatoms. The molecule has 78 valence electrons. The lowest BCUT2D eigenvalue weighted by molar-refractivity contribution is 0.0165. The van der Waals surface area contributed by atoms with Crippen molar-refractivity contribution >= 4 is 20.7 Å². The summed E-state index contributed by atoms with van der Waals surface area (Å²) >= 11 is 0. The number of methoxy groups -OCH3 is 1. The van der Waals surface area contributed by atoms with Crippen LogP contribution >= 0.6 is 10.7 Å². The molecule has 0 saturated heterocycles. The molecule has 0 aliphatic carbocycles. The Morgan fingerprint density at radius 3 is 3.29 bits per heavy atom. The zero-order chi connectivity index (χ0) is 10.1. The van der Waals surface area contributed by atoms with Gasteiger partial charge in [-0.1, -0.05) is 0 Å². The predicted octanol–water partition coefficient (Wildman–Crippen LogP) is 0.552. The van der Waals surface area contributed by atoms with E-state index in [4.69, 9.17) is 20.2 Å². The van der Waals surface area contributed by atoms with E-state index < -0.39 is 10.0 Å². The molecule has 0 radical (unpaired) electrons. The average molecular weight is 237 g/mol. The first-order valence-corrected chi connectivity index (χ1v) is 5.99. The van der Waals surface area contributed by atoms with Crippen LogP contribution in [0.4, 0.5) is 0 Å². The van der Waals surface area contributed by atoms with Crippen molar-refractivity contribution in [2.75, 3.05) is 13.7 Å². The van der Waals surface area contributed by atoms with Crippen molar-refractivity contribution in [1.29, 1.82) is 0 Å². The van der Waals surface area contributed by atoms with Crippen molar-refractivity contribution < 1.29 is 13.7 Å². The highest BCUT2D eigenvalue weighted by Crippen LogP contribution is 2.27. The molecule has 1 aromatic heterocycles. The summed E-state index contributed by atoms with van der Waals surface area (Å²) in [6.07, 6.45) is 1.44. The molecule has 0 saturated carbocycles. The third-order valence-corrected chi connectivity index (χ3v) is 3.17. The van der Waals surface area contributed by atoms with E-state index in [9.17, 15) is 4.21 Å². The standard InChI is InChI=1S/C7H9ClN2O3S/c1-12-5-3-10-7(13-4-5)6(2-9-10)14(8)11/h2,5H,3-4H2,1H3. The lowest BCUT2D eigenvalue weighted by Crippen LogP contribution is -2.32. The van der Waals surface area contributed by atoms with Gasteiger partial charge >= 0.3 is 0 Å². The first-order chi connectivity index (χ1) is 6.72. The number of nitrogens with zero attached hydrogens (tertiary/aromatic N) is 2. The number of hydrogen-bond acceptors (Lipinski definition) is 4. The fourth-order valence-electron chi connectivity index (χ4n) is 1.30. The monoisotopic (exact) mass is 236 g/mol. The largest absolute Gasteiger partial charge is 0.474 e. The van der Waals surface area contributed by atoms with Crippen LogP contribution in [0, 0.1) is 0 Å². The van der Waals surface area contributed by atoms with Gasteiger partial charge < -0.3 is 9.47 Å². The van der Waals surface area contributed by atoms with Crippen molar-refractivity contribution in [2.24, 2.45) is 0 Å². The molecule has 1 aromatic rings. The summed E-state index contributed by atoms with van der Waals surface area (Å²) in [6, 6.07) is 0. The van der Waals surface area contributed by atoms with Crippen LogP contribution in [0.2, 0.25) is 0 Å². The second-order valence-corrected chi connectivity index (χ2v) is 4.62. The maximum absolute atomic E-state index is 11.0. The Labute approximate surface area is 87.9 Å². The number of fused-ring (bicyclic) bond motifs is 1. The van der Waals surface area contributed by atoms with Crippen LogP contribution < -0.4 is 4.74 Å². The number of aromatic nitrogens is 2. The zero-order valence-corrected chi connectivity index (χ0v) is 9.05. The SMILES string of the molecule is COC1COc2c(S(=O)Cl)cnn2C1. The summed E-state index contributed by atoms with van der Waals surface area (Å²) in [6.45, 7) is 1.03. The van der Waals surface area contributed by atoms with Crippen LogP contribution in [0.3, 0.4) is 0 Å². The normalized spacial score (nSPS) is 22.6. The van der Waals surface area contributed by atoms with Gasteiger partial charge in [-0.2, -0.15) is 5.10 Å². The third-order valence-electron chi connectivity index (χ3n) is 2.05. The van der Waals surface area contributed by atoms with Crippen molar-refractivity contribution in [3.63, 3.8) is 0 Å². The van der Waals surface area contributed by atoms with Crippen LogP contribution in [0.15, 0.2) is 11.1 Å². The highest BCUT2D eigenvalue weighted by molar-refractivity contribution is 8.08. The minimum atomic E-state index is -1.58. The van der Waals surface area contributed by atoms with Crippen LogP contribution in [-0.2, 0) is 21.3 Å². The highest BCUT2D eigenvalue weighted by atomic mass is 35.7. The van der Waals surface area contributed by atoms with Crippen LogP contribution in [0.25, 0.3) is 0 Å². The van der Waals surface area contributed by atoms with Gasteiger partial charge in [0.05, 0.1) is 12.7 Å². The first-order valence-electron chi connectivity index (χ1n) is 4.02. The Hall–Kier alpha value is -0.590. The molecule has 0 bridgehead atoms. The molecule has 2 unspecified atom stereocenters. The number of ether oxygens (including phenoxy) is 2. The predicted molar refractivity (Wildman–Crippen MR) is 50.8 cm³/mol. The maximum atomic E-state index is 11.0. The zero-order valence-electron chi connectivity index (χ0n) is 7.47. The highest BCUT2D eigenvalue weighted by Gasteiger charge is 2.24. The molecule has 14 heavy (non-hydrogen) atoms. The molecule has 5 nitrogen and oxygen atoms in total. The molecular formula is C7H9ClN2O3S. The number of hydrogen-bond donors (Lipinski definition) is 0. The summed E-state index contributed by atoms with van der Waals surface area (Å²) in [5.41, 5.74) is 0. The topological polar surface area (TPSA) is 53.4 Å². The Bertz CT molecular complexity index is 368. The van der Waals surface area contributed by atoms with E-state index in [2.05, 4.69) is 5.10 Å². The fourth-order valence-corrected chi connectivity index (χ4v) is 2.05. The Kier molecular flexibility index (Phi) is 2.76. The van der Waals surface area contributed by atoms with E-state index in [0.717, 1.165) is 0 Å². The van der Waals surface area contributed by atoms with Crippen LogP contribution in [-0.4, -0.2) is 33.8 Å². The van der Waals surface area contributed by atoms with E-state index in [0.29, 0.717) is 23.9 Å². The van der Waals surface area contributed by atoms with Crippen molar-refractivity contribution in [2.45, 2.75) is 17.5 Å². The van der Waals surface area contributed by atoms with Gasteiger partial charge in [0.2, 0.25) is 5.88 Å². The summed E-state index contributed by atoms with van der Waals surface area (Å²) in [5.74, 6) is 0.478. The molecule has 0 aromatic carbocycles. The lowest BCUT2D eigenvalue weighted by atomic mass is 10.3. The van der Waals surface area contributed by atoms with Gasteiger partial charge in [-0.05, 0) is 10.7 Å². The van der Waals surface area contributed by atoms with Gasteiger partial charge in [0.25, 0.3) is 0 Å². The fraction of sp³-hybridized carbons (Fsp3) is 0.571. The summed E-state index contributed by atoms with van der Waals surface area (Å²) in [5, 5.41) is 4.01. The molecule has 2 rings (SSSR count). The molecule has 0 N–H and O–H groups in total. The van der Waals surface area contributed by atoms with Gasteiger partial charge in [-0.25, -0.2) is 8.89 Å². The second-order valence-electron chi connectivity index (χ2n) is 2.89. The van der Waals surface area contributed by atoms with E-state index >= 15 is 0 Å². The molecule has 2 atom stereocenters. The second kappa shape index (κ2) is 3.88. The van der Waals surface area contributed by atoms with Gasteiger partial charge in [0, 0.05) is 7.11 Å². The molecule has 1 aliphatic rings. The van der Waals surface area contributed by atoms with E-state index in [1.54, 1.807) is 11.8 Å². The van der Waals surface area contributed by atoms with Gasteiger partial charge in [-0.15, -0.1) is 0 Å². The summed E-state index contributed by atoms with van der Waals surface area (Å²) in [7, 11) is 5.50. The Morgan fingerprint density at radius 2 is 2.64 bits per heavy atom. The lowest BCUT2D eigenvalue weighted by Gasteiger charge is -2.22. The van der Waals surface area contributed by atoms with Crippen molar-refractivity contribution in [3.8, 4) is 5.88 Å². The minimum absolute atomic E-state index is 0.0148. The van der Waals surface area contributed by atoms with Crippen LogP contribution in [0.5, 0.6) is 5.88 Å². The minimum Gasteiger partial charge on any atom is -0.474 e. The average Bonchev–Trinajstić information content (AvgIpc) is 2.59. The smallest absolute Gasteiger partial charge is 0.229 e. The van der Waals surface area contributed by atoms with E-state index in [1.165, 1.54) is 6.20 Å². The van der Waals surface area contributed by atoms with Gasteiger partial charge in [0.15, 0.2) is 10.0 Å². The molecule has 0 fully saturated rings. The van der Waals surface area contributed by atoms with Crippen LogP contribution in [0.1, 0.15) is 0 Å². The third kappa shape index (κ3) is 1.65. The molecule has 0 spiro atoms. The summed E-state index contributed by atoms with van der Waals surface area (Å²) in [4.78, 5) is 0.418.